The standard InChI is InChI=1S/C36H40F2N8O5/c1-26(2)48-18-17-46-35(47)45(25-41-46)30-6-4-28(5-7-30)42-13-15-43(16-14-42)29-8-10-31(11-9-29)49-20-32-21-50-36(51-32,22-44-24-39-23-40-44)33-12-3-27(37)19-34(33)38/h3-12,19,23-26,32H,13-18,20-22H2,1-2H3. The molecule has 2 fully saturated rings. The Morgan fingerprint density at radius 1 is 0.902 bits per heavy atom. The lowest BCUT2D eigenvalue weighted by Gasteiger charge is -2.37. The highest BCUT2D eigenvalue weighted by Gasteiger charge is 2.46. The molecule has 268 valence electrons. The molecule has 2 aliphatic heterocycles. The third kappa shape index (κ3) is 7.80. The highest BCUT2D eigenvalue weighted by atomic mass is 19.1. The number of rotatable bonds is 13. The molecular formula is C36H40F2N8O5. The number of ether oxygens (including phenoxy) is 4. The van der Waals surface area contributed by atoms with E-state index in [1.165, 1.54) is 34.2 Å². The van der Waals surface area contributed by atoms with Crippen molar-refractivity contribution in [1.82, 2.24) is 29.1 Å². The Labute approximate surface area is 293 Å². The van der Waals surface area contributed by atoms with E-state index in [0.717, 1.165) is 49.3 Å². The lowest BCUT2D eigenvalue weighted by molar-refractivity contribution is -0.192. The molecule has 0 amide bonds. The van der Waals surface area contributed by atoms with E-state index in [4.69, 9.17) is 18.9 Å². The average molecular weight is 703 g/mol. The second-order valence-electron chi connectivity index (χ2n) is 12.7. The van der Waals surface area contributed by atoms with Crippen LogP contribution in [0.2, 0.25) is 0 Å². The zero-order chi connectivity index (χ0) is 35.4. The van der Waals surface area contributed by atoms with Gasteiger partial charge in [-0.1, -0.05) is 0 Å². The van der Waals surface area contributed by atoms with Crippen LogP contribution in [-0.4, -0.2) is 87.3 Å². The summed E-state index contributed by atoms with van der Waals surface area (Å²) >= 11 is 0. The van der Waals surface area contributed by atoms with Crippen molar-refractivity contribution in [2.75, 3.05) is 55.8 Å². The number of halogens is 2. The first-order valence-electron chi connectivity index (χ1n) is 17.0. The second kappa shape index (κ2) is 15.0. The lowest BCUT2D eigenvalue weighted by atomic mass is 10.0. The van der Waals surface area contributed by atoms with Crippen LogP contribution in [-0.2, 0) is 33.1 Å². The average Bonchev–Trinajstić information content (AvgIpc) is 3.89. The summed E-state index contributed by atoms with van der Waals surface area (Å²) in [5, 5.41) is 8.34. The molecule has 2 aromatic heterocycles. The summed E-state index contributed by atoms with van der Waals surface area (Å²) in [5.41, 5.74) is 2.83. The number of benzene rings is 3. The number of hydrogen-bond acceptors (Lipinski definition) is 10. The molecule has 2 saturated heterocycles. The Bertz CT molecular complexity index is 1940. The van der Waals surface area contributed by atoms with Crippen LogP contribution in [0.4, 0.5) is 20.2 Å². The Morgan fingerprint density at radius 3 is 2.24 bits per heavy atom. The number of nitrogens with zero attached hydrogens (tertiary/aromatic N) is 8. The van der Waals surface area contributed by atoms with Crippen molar-refractivity contribution >= 4 is 11.4 Å². The first kappa shape index (κ1) is 34.3. The molecule has 15 heteroatoms. The van der Waals surface area contributed by atoms with E-state index < -0.39 is 23.5 Å². The Balaban J connectivity index is 0.906. The molecule has 13 nitrogen and oxygen atoms in total. The molecule has 51 heavy (non-hydrogen) atoms. The molecule has 2 unspecified atom stereocenters. The summed E-state index contributed by atoms with van der Waals surface area (Å²) in [5.74, 6) is -2.31. The normalized spacial score (nSPS) is 19.3. The Morgan fingerprint density at radius 2 is 1.59 bits per heavy atom. The quantitative estimate of drug-likeness (QED) is 0.179. The van der Waals surface area contributed by atoms with E-state index in [-0.39, 0.29) is 37.1 Å². The van der Waals surface area contributed by atoms with Crippen LogP contribution in [0, 0.1) is 11.6 Å². The van der Waals surface area contributed by atoms with E-state index in [0.29, 0.717) is 18.9 Å². The van der Waals surface area contributed by atoms with Gasteiger partial charge < -0.3 is 28.7 Å². The molecule has 0 radical (unpaired) electrons. The zero-order valence-corrected chi connectivity index (χ0v) is 28.5. The van der Waals surface area contributed by atoms with Gasteiger partial charge in [0, 0.05) is 49.2 Å². The van der Waals surface area contributed by atoms with Gasteiger partial charge in [-0.2, -0.15) is 10.2 Å². The molecule has 0 spiro atoms. The van der Waals surface area contributed by atoms with Gasteiger partial charge in [0.2, 0.25) is 5.79 Å². The van der Waals surface area contributed by atoms with Crippen LogP contribution in [0.3, 0.4) is 0 Å². The molecule has 3 aromatic carbocycles. The van der Waals surface area contributed by atoms with Gasteiger partial charge in [-0.15, -0.1) is 0 Å². The van der Waals surface area contributed by atoms with Crippen molar-refractivity contribution < 1.29 is 27.7 Å². The zero-order valence-electron chi connectivity index (χ0n) is 28.5. The van der Waals surface area contributed by atoms with Crippen molar-refractivity contribution in [3.05, 3.63) is 113 Å². The van der Waals surface area contributed by atoms with Crippen molar-refractivity contribution in [2.24, 2.45) is 0 Å². The fraction of sp³-hybridized carbons (Fsp3) is 0.389. The molecule has 0 N–H and O–H groups in total. The maximum atomic E-state index is 14.9. The molecule has 7 rings (SSSR count). The fourth-order valence-corrected chi connectivity index (χ4v) is 6.31. The maximum Gasteiger partial charge on any atom is 0.350 e. The summed E-state index contributed by atoms with van der Waals surface area (Å²) in [6, 6.07) is 19.2. The van der Waals surface area contributed by atoms with Gasteiger partial charge in [-0.25, -0.2) is 32.5 Å². The molecular weight excluding hydrogens is 662 g/mol. The predicted octanol–water partition coefficient (Wildman–Crippen LogP) is 4.00. The van der Waals surface area contributed by atoms with E-state index in [1.54, 1.807) is 10.9 Å². The third-order valence-corrected chi connectivity index (χ3v) is 8.94. The molecule has 2 atom stereocenters. The SMILES string of the molecule is CC(C)OCCn1ncn(-c2ccc(N3CCN(c4ccc(OCC5COC(Cn6cncn6)(c6ccc(F)cc6F)O5)cc4)CC3)cc2)c1=O. The number of anilines is 2. The lowest BCUT2D eigenvalue weighted by Crippen LogP contribution is -2.46. The third-order valence-electron chi connectivity index (χ3n) is 8.94. The van der Waals surface area contributed by atoms with Gasteiger partial charge in [0.05, 0.1) is 31.5 Å². The van der Waals surface area contributed by atoms with E-state index in [2.05, 4.69) is 25.0 Å². The highest BCUT2D eigenvalue weighted by Crippen LogP contribution is 2.38. The second-order valence-corrected chi connectivity index (χ2v) is 12.7. The predicted molar refractivity (Wildman–Crippen MR) is 184 cm³/mol. The van der Waals surface area contributed by atoms with Crippen molar-refractivity contribution in [1.29, 1.82) is 0 Å². The Kier molecular flexibility index (Phi) is 10.1. The smallest absolute Gasteiger partial charge is 0.350 e. The summed E-state index contributed by atoms with van der Waals surface area (Å²) in [4.78, 5) is 21.4. The molecule has 0 aliphatic carbocycles. The summed E-state index contributed by atoms with van der Waals surface area (Å²) in [6.45, 7) is 8.47. The minimum absolute atomic E-state index is 0.0301. The van der Waals surface area contributed by atoms with Crippen LogP contribution in [0.1, 0.15) is 19.4 Å². The molecule has 0 bridgehead atoms. The first-order chi connectivity index (χ1) is 24.8. The van der Waals surface area contributed by atoms with Crippen LogP contribution < -0.4 is 20.2 Å². The van der Waals surface area contributed by atoms with Crippen LogP contribution in [0.25, 0.3) is 5.69 Å². The van der Waals surface area contributed by atoms with Gasteiger partial charge in [-0.05, 0) is 74.5 Å². The molecule has 0 saturated carbocycles. The number of piperazine rings is 1. The molecule has 4 heterocycles. The topological polar surface area (TPSA) is 114 Å². The van der Waals surface area contributed by atoms with Gasteiger partial charge in [-0.3, -0.25) is 0 Å². The minimum Gasteiger partial charge on any atom is -0.491 e. The Hall–Kier alpha value is -5.12. The minimum atomic E-state index is -1.51. The number of hydrogen-bond donors (Lipinski definition) is 0. The molecule has 5 aromatic rings. The summed E-state index contributed by atoms with van der Waals surface area (Å²) < 4.78 is 56.9. The van der Waals surface area contributed by atoms with Crippen LogP contribution >= 0.6 is 0 Å². The fourth-order valence-electron chi connectivity index (χ4n) is 6.31. The van der Waals surface area contributed by atoms with E-state index in [1.807, 2.05) is 62.4 Å². The number of aromatic nitrogens is 6. The van der Waals surface area contributed by atoms with Gasteiger partial charge in [0.25, 0.3) is 0 Å². The molecule has 2 aliphatic rings. The largest absolute Gasteiger partial charge is 0.491 e. The van der Waals surface area contributed by atoms with Crippen molar-refractivity contribution in [3.8, 4) is 11.4 Å². The summed E-state index contributed by atoms with van der Waals surface area (Å²) in [6.07, 6.45) is 3.98. The van der Waals surface area contributed by atoms with Crippen LogP contribution in [0.5, 0.6) is 5.75 Å². The highest BCUT2D eigenvalue weighted by molar-refractivity contribution is 5.54. The van der Waals surface area contributed by atoms with Gasteiger partial charge >= 0.3 is 5.69 Å². The van der Waals surface area contributed by atoms with E-state index in [9.17, 15) is 13.6 Å². The van der Waals surface area contributed by atoms with Crippen molar-refractivity contribution in [2.45, 2.75) is 44.9 Å². The summed E-state index contributed by atoms with van der Waals surface area (Å²) in [7, 11) is 0. The van der Waals surface area contributed by atoms with E-state index >= 15 is 0 Å². The van der Waals surface area contributed by atoms with Gasteiger partial charge in [0.15, 0.2) is 0 Å². The first-order valence-corrected chi connectivity index (χ1v) is 17.0. The van der Waals surface area contributed by atoms with Gasteiger partial charge in [0.1, 0.15) is 55.6 Å². The monoisotopic (exact) mass is 702 g/mol. The maximum absolute atomic E-state index is 14.9. The van der Waals surface area contributed by atoms with Crippen LogP contribution in [0.15, 0.2) is 90.5 Å². The van der Waals surface area contributed by atoms with Crippen molar-refractivity contribution in [3.63, 3.8) is 0 Å².